The molecule has 1 aliphatic carbocycles. The van der Waals surface area contributed by atoms with Gasteiger partial charge in [0.05, 0.1) is 6.54 Å². The summed E-state index contributed by atoms with van der Waals surface area (Å²) in [7, 11) is 0. The molecule has 1 saturated heterocycles. The summed E-state index contributed by atoms with van der Waals surface area (Å²) in [5.74, 6) is 0.730. The molecular weight excluding hydrogens is 267 g/mol. The van der Waals surface area contributed by atoms with Gasteiger partial charge in [0.2, 0.25) is 0 Å². The molecule has 0 spiro atoms. The summed E-state index contributed by atoms with van der Waals surface area (Å²) in [5.41, 5.74) is 6.23. The van der Waals surface area contributed by atoms with Crippen molar-refractivity contribution in [3.05, 3.63) is 0 Å². The minimum Gasteiger partial charge on any atom is -0.326 e. The predicted molar refractivity (Wildman–Crippen MR) is 73.5 cm³/mol. The van der Waals surface area contributed by atoms with E-state index in [9.17, 15) is 13.2 Å². The molecule has 2 N–H and O–H groups in total. The molecule has 1 aliphatic heterocycles. The SMILES string of the molecule is CCC1CCC(N)C(N2CCN(CC(F)(F)F)CC2)C1. The van der Waals surface area contributed by atoms with E-state index in [1.807, 2.05) is 0 Å². The first-order chi connectivity index (χ1) is 9.39. The first-order valence-electron chi connectivity index (χ1n) is 7.67. The van der Waals surface area contributed by atoms with Gasteiger partial charge in [-0.25, -0.2) is 0 Å². The van der Waals surface area contributed by atoms with Crippen LogP contribution in [0.3, 0.4) is 0 Å². The predicted octanol–water partition coefficient (Wildman–Crippen LogP) is 2.07. The highest BCUT2D eigenvalue weighted by Gasteiger charge is 2.36. The molecule has 2 rings (SSSR count). The summed E-state index contributed by atoms with van der Waals surface area (Å²) in [6.45, 7) is 3.85. The highest BCUT2D eigenvalue weighted by atomic mass is 19.4. The van der Waals surface area contributed by atoms with Gasteiger partial charge in [-0.05, 0) is 25.2 Å². The lowest BCUT2D eigenvalue weighted by Gasteiger charge is -2.45. The van der Waals surface area contributed by atoms with Crippen LogP contribution in [0.4, 0.5) is 13.2 Å². The molecule has 2 fully saturated rings. The minimum absolute atomic E-state index is 0.187. The van der Waals surface area contributed by atoms with E-state index in [-0.39, 0.29) is 6.04 Å². The number of alkyl halides is 3. The van der Waals surface area contributed by atoms with Crippen LogP contribution >= 0.6 is 0 Å². The molecular formula is C14H26F3N3. The van der Waals surface area contributed by atoms with Crippen molar-refractivity contribution in [1.82, 2.24) is 9.80 Å². The monoisotopic (exact) mass is 293 g/mol. The highest BCUT2D eigenvalue weighted by molar-refractivity contribution is 4.91. The quantitative estimate of drug-likeness (QED) is 0.864. The molecule has 2 aliphatic rings. The summed E-state index contributed by atoms with van der Waals surface area (Å²) in [6.07, 6.45) is 0.444. The maximum absolute atomic E-state index is 12.4. The lowest BCUT2D eigenvalue weighted by molar-refractivity contribution is -0.150. The average Bonchev–Trinajstić information content (AvgIpc) is 2.39. The van der Waals surface area contributed by atoms with E-state index in [1.165, 1.54) is 17.7 Å². The summed E-state index contributed by atoms with van der Waals surface area (Å²) in [4.78, 5) is 3.82. The molecule has 20 heavy (non-hydrogen) atoms. The molecule has 3 atom stereocenters. The second-order valence-electron chi connectivity index (χ2n) is 6.25. The Morgan fingerprint density at radius 3 is 2.30 bits per heavy atom. The third-order valence-electron chi connectivity index (χ3n) is 4.83. The Morgan fingerprint density at radius 1 is 1.10 bits per heavy atom. The molecule has 1 saturated carbocycles. The average molecular weight is 293 g/mol. The number of rotatable bonds is 3. The van der Waals surface area contributed by atoms with Crippen LogP contribution in [0.5, 0.6) is 0 Å². The normalized spacial score (nSPS) is 34.4. The van der Waals surface area contributed by atoms with Gasteiger partial charge in [-0.15, -0.1) is 0 Å². The zero-order valence-electron chi connectivity index (χ0n) is 12.2. The summed E-state index contributed by atoms with van der Waals surface area (Å²) >= 11 is 0. The fourth-order valence-corrected chi connectivity index (χ4v) is 3.55. The molecule has 1 heterocycles. The van der Waals surface area contributed by atoms with Crippen molar-refractivity contribution >= 4 is 0 Å². The van der Waals surface area contributed by atoms with Crippen LogP contribution in [-0.2, 0) is 0 Å². The third kappa shape index (κ3) is 4.33. The molecule has 118 valence electrons. The second-order valence-corrected chi connectivity index (χ2v) is 6.25. The van der Waals surface area contributed by atoms with Crippen molar-refractivity contribution in [2.24, 2.45) is 11.7 Å². The van der Waals surface area contributed by atoms with Crippen molar-refractivity contribution < 1.29 is 13.2 Å². The summed E-state index contributed by atoms with van der Waals surface area (Å²) < 4.78 is 37.1. The van der Waals surface area contributed by atoms with Gasteiger partial charge in [0, 0.05) is 38.3 Å². The molecule has 0 amide bonds. The molecule has 0 radical (unpaired) electrons. The topological polar surface area (TPSA) is 32.5 Å². The van der Waals surface area contributed by atoms with E-state index in [2.05, 4.69) is 11.8 Å². The van der Waals surface area contributed by atoms with Crippen molar-refractivity contribution in [1.29, 1.82) is 0 Å². The van der Waals surface area contributed by atoms with Gasteiger partial charge in [-0.3, -0.25) is 9.80 Å². The van der Waals surface area contributed by atoms with Crippen LogP contribution in [0.15, 0.2) is 0 Å². The molecule has 3 unspecified atom stereocenters. The van der Waals surface area contributed by atoms with E-state index in [0.29, 0.717) is 32.2 Å². The van der Waals surface area contributed by atoms with Gasteiger partial charge in [-0.1, -0.05) is 13.3 Å². The maximum Gasteiger partial charge on any atom is 0.401 e. The lowest BCUT2D eigenvalue weighted by atomic mass is 9.80. The van der Waals surface area contributed by atoms with E-state index < -0.39 is 12.7 Å². The number of hydrogen-bond acceptors (Lipinski definition) is 3. The molecule has 6 heteroatoms. The fourth-order valence-electron chi connectivity index (χ4n) is 3.55. The Labute approximate surface area is 119 Å². The maximum atomic E-state index is 12.4. The van der Waals surface area contributed by atoms with Crippen LogP contribution < -0.4 is 5.73 Å². The van der Waals surface area contributed by atoms with E-state index >= 15 is 0 Å². The Kier molecular flexibility index (Phi) is 5.31. The number of hydrogen-bond donors (Lipinski definition) is 1. The Bertz CT molecular complexity index is 301. The van der Waals surface area contributed by atoms with Crippen molar-refractivity contribution in [3.63, 3.8) is 0 Å². The number of nitrogens with two attached hydrogens (primary N) is 1. The van der Waals surface area contributed by atoms with Gasteiger partial charge >= 0.3 is 6.18 Å². The highest BCUT2D eigenvalue weighted by Crippen LogP contribution is 2.30. The largest absolute Gasteiger partial charge is 0.401 e. The molecule has 0 aromatic rings. The zero-order valence-corrected chi connectivity index (χ0v) is 12.2. The Morgan fingerprint density at radius 2 is 1.75 bits per heavy atom. The number of piperazine rings is 1. The van der Waals surface area contributed by atoms with Crippen LogP contribution in [-0.4, -0.2) is 60.8 Å². The van der Waals surface area contributed by atoms with Gasteiger partial charge < -0.3 is 5.73 Å². The molecule has 0 aromatic heterocycles. The standard InChI is InChI=1S/C14H26F3N3/c1-2-11-3-4-12(18)13(9-11)20-7-5-19(6-8-20)10-14(15,16)17/h11-13H,2-10,18H2,1H3. The third-order valence-corrected chi connectivity index (χ3v) is 4.83. The summed E-state index contributed by atoms with van der Waals surface area (Å²) in [6, 6.07) is 0.550. The van der Waals surface area contributed by atoms with Crippen molar-refractivity contribution in [3.8, 4) is 0 Å². The minimum atomic E-state index is -4.09. The first-order valence-corrected chi connectivity index (χ1v) is 7.67. The Hall–Kier alpha value is -0.330. The van der Waals surface area contributed by atoms with Crippen molar-refractivity contribution in [2.45, 2.75) is 50.9 Å². The molecule has 3 nitrogen and oxygen atoms in total. The molecule has 0 bridgehead atoms. The van der Waals surface area contributed by atoms with Crippen molar-refractivity contribution in [2.75, 3.05) is 32.7 Å². The van der Waals surface area contributed by atoms with Gasteiger partial charge in [0.1, 0.15) is 0 Å². The van der Waals surface area contributed by atoms with Crippen LogP contribution in [0.25, 0.3) is 0 Å². The first kappa shape index (κ1) is 16.0. The number of halogens is 3. The van der Waals surface area contributed by atoms with E-state index in [0.717, 1.165) is 18.8 Å². The zero-order chi connectivity index (χ0) is 14.8. The lowest BCUT2D eigenvalue weighted by Crippen LogP contribution is -2.58. The van der Waals surface area contributed by atoms with Crippen LogP contribution in [0, 0.1) is 5.92 Å². The molecule has 0 aromatic carbocycles. The smallest absolute Gasteiger partial charge is 0.326 e. The van der Waals surface area contributed by atoms with Gasteiger partial charge in [0.25, 0.3) is 0 Å². The van der Waals surface area contributed by atoms with Crippen LogP contribution in [0.2, 0.25) is 0 Å². The van der Waals surface area contributed by atoms with Gasteiger partial charge in [0.15, 0.2) is 0 Å². The van der Waals surface area contributed by atoms with Crippen LogP contribution in [0.1, 0.15) is 32.6 Å². The van der Waals surface area contributed by atoms with Gasteiger partial charge in [-0.2, -0.15) is 13.2 Å². The number of nitrogens with zero attached hydrogens (tertiary/aromatic N) is 2. The summed E-state index contributed by atoms with van der Waals surface area (Å²) in [5, 5.41) is 0. The van der Waals surface area contributed by atoms with E-state index in [1.54, 1.807) is 0 Å². The Balaban J connectivity index is 1.83. The fraction of sp³-hybridized carbons (Fsp3) is 1.00. The van der Waals surface area contributed by atoms with E-state index in [4.69, 9.17) is 5.73 Å². The second kappa shape index (κ2) is 6.62.